The SMILES string of the molecule is CC/C=C\C/C=C\C/C=C\CCCCCCCCCC(=O)OC(COC(=O)CCCCCCC/C=C\CCCCCC)COC(=O)CCCCCCCCCCCCCCC/C=C\CCCCCCCCCC. The second kappa shape index (κ2) is 61.7. The van der Waals surface area contributed by atoms with E-state index in [2.05, 4.69) is 81.5 Å². The molecule has 0 aromatic heterocycles. The Labute approximate surface area is 453 Å². The fourth-order valence-corrected chi connectivity index (χ4v) is 9.21. The van der Waals surface area contributed by atoms with Gasteiger partial charge in [0.25, 0.3) is 0 Å². The standard InChI is InChI=1S/C67H120O6/c1-4-7-10-13-16-19-22-25-27-29-30-31-32-33-34-35-36-38-39-42-45-48-51-54-57-60-66(69)72-63-64(62-71-65(68)59-56-53-50-47-44-41-24-21-18-15-12-9-6-3)73-67(70)61-58-55-52-49-46-43-40-37-28-26-23-20-17-14-11-8-5-2/h8,11,17,20-21,24,26,28-30,64H,4-7,9-10,12-16,18-19,22-23,25,27,31-63H2,1-3H3/b11-8-,20-17-,24-21-,28-26-,30-29-. The number of hydrogen-bond acceptors (Lipinski definition) is 6. The zero-order chi connectivity index (χ0) is 52.9. The summed E-state index contributed by atoms with van der Waals surface area (Å²) >= 11 is 0. The van der Waals surface area contributed by atoms with Crippen LogP contribution in [0.4, 0.5) is 0 Å². The molecule has 0 radical (unpaired) electrons. The van der Waals surface area contributed by atoms with Gasteiger partial charge in [0, 0.05) is 19.3 Å². The minimum Gasteiger partial charge on any atom is -0.462 e. The van der Waals surface area contributed by atoms with Crippen LogP contribution in [0.25, 0.3) is 0 Å². The Balaban J connectivity index is 4.27. The summed E-state index contributed by atoms with van der Waals surface area (Å²) in [5, 5.41) is 0. The molecule has 1 atom stereocenters. The molecule has 73 heavy (non-hydrogen) atoms. The van der Waals surface area contributed by atoms with Gasteiger partial charge in [-0.15, -0.1) is 0 Å². The summed E-state index contributed by atoms with van der Waals surface area (Å²) in [5.41, 5.74) is 0. The summed E-state index contributed by atoms with van der Waals surface area (Å²) in [6.07, 6.45) is 78.0. The van der Waals surface area contributed by atoms with Gasteiger partial charge in [-0.1, -0.05) is 268 Å². The number of rotatable bonds is 58. The van der Waals surface area contributed by atoms with E-state index >= 15 is 0 Å². The molecule has 0 heterocycles. The highest BCUT2D eigenvalue weighted by Crippen LogP contribution is 2.17. The van der Waals surface area contributed by atoms with E-state index in [1.807, 2.05) is 0 Å². The highest BCUT2D eigenvalue weighted by molar-refractivity contribution is 5.71. The maximum absolute atomic E-state index is 12.9. The number of carbonyl (C=O) groups is 3. The van der Waals surface area contributed by atoms with E-state index < -0.39 is 6.10 Å². The van der Waals surface area contributed by atoms with Crippen molar-refractivity contribution in [3.05, 3.63) is 60.8 Å². The van der Waals surface area contributed by atoms with Crippen LogP contribution in [0.15, 0.2) is 60.8 Å². The molecule has 0 spiro atoms. The van der Waals surface area contributed by atoms with E-state index in [0.717, 1.165) is 89.9 Å². The van der Waals surface area contributed by atoms with Crippen LogP contribution in [-0.4, -0.2) is 37.2 Å². The molecule has 0 N–H and O–H groups in total. The van der Waals surface area contributed by atoms with Crippen molar-refractivity contribution in [3.8, 4) is 0 Å². The summed E-state index contributed by atoms with van der Waals surface area (Å²) in [7, 11) is 0. The summed E-state index contributed by atoms with van der Waals surface area (Å²) in [6, 6.07) is 0. The second-order valence-electron chi connectivity index (χ2n) is 21.3. The Morgan fingerprint density at radius 1 is 0.288 bits per heavy atom. The lowest BCUT2D eigenvalue weighted by atomic mass is 10.0. The van der Waals surface area contributed by atoms with Gasteiger partial charge in [-0.3, -0.25) is 14.4 Å². The Hall–Kier alpha value is -2.89. The summed E-state index contributed by atoms with van der Waals surface area (Å²) in [5.74, 6) is -0.883. The largest absolute Gasteiger partial charge is 0.462 e. The van der Waals surface area contributed by atoms with Crippen LogP contribution < -0.4 is 0 Å². The topological polar surface area (TPSA) is 78.9 Å². The average molecular weight is 1020 g/mol. The Bertz CT molecular complexity index is 1310. The molecule has 0 rings (SSSR count). The van der Waals surface area contributed by atoms with Crippen molar-refractivity contribution < 1.29 is 28.6 Å². The molecule has 0 aliphatic rings. The number of esters is 3. The van der Waals surface area contributed by atoms with Crippen molar-refractivity contribution in [1.82, 2.24) is 0 Å². The van der Waals surface area contributed by atoms with Gasteiger partial charge in [0.1, 0.15) is 13.2 Å². The zero-order valence-electron chi connectivity index (χ0n) is 48.7. The van der Waals surface area contributed by atoms with Crippen LogP contribution in [0, 0.1) is 0 Å². The highest BCUT2D eigenvalue weighted by Gasteiger charge is 2.19. The first-order valence-corrected chi connectivity index (χ1v) is 31.8. The van der Waals surface area contributed by atoms with Gasteiger partial charge in [0.15, 0.2) is 6.10 Å². The van der Waals surface area contributed by atoms with E-state index in [4.69, 9.17) is 14.2 Å². The van der Waals surface area contributed by atoms with Crippen LogP contribution in [0.2, 0.25) is 0 Å². The number of unbranched alkanes of at least 4 members (excludes halogenated alkanes) is 37. The minimum atomic E-state index is -0.783. The Morgan fingerprint density at radius 2 is 0.534 bits per heavy atom. The first-order chi connectivity index (χ1) is 36.0. The molecule has 0 aliphatic heterocycles. The molecule has 1 unspecified atom stereocenters. The van der Waals surface area contributed by atoms with Gasteiger partial charge >= 0.3 is 17.9 Å². The number of carbonyl (C=O) groups excluding carboxylic acids is 3. The quantitative estimate of drug-likeness (QED) is 0.0261. The fraction of sp³-hybridized carbons (Fsp3) is 0.806. The molecule has 0 saturated heterocycles. The lowest BCUT2D eigenvalue weighted by molar-refractivity contribution is -0.167. The number of ether oxygens (including phenoxy) is 3. The van der Waals surface area contributed by atoms with Crippen LogP contribution in [-0.2, 0) is 28.6 Å². The van der Waals surface area contributed by atoms with Crippen molar-refractivity contribution in [3.63, 3.8) is 0 Å². The van der Waals surface area contributed by atoms with Gasteiger partial charge in [-0.2, -0.15) is 0 Å². The third kappa shape index (κ3) is 59.9. The first-order valence-electron chi connectivity index (χ1n) is 31.8. The molecule has 0 aromatic carbocycles. The maximum atomic E-state index is 12.9. The van der Waals surface area contributed by atoms with E-state index in [-0.39, 0.29) is 31.1 Å². The summed E-state index contributed by atoms with van der Waals surface area (Å²) < 4.78 is 16.9. The van der Waals surface area contributed by atoms with Gasteiger partial charge in [0.2, 0.25) is 0 Å². The van der Waals surface area contributed by atoms with E-state index in [1.54, 1.807) is 0 Å². The van der Waals surface area contributed by atoms with E-state index in [1.165, 1.54) is 199 Å². The van der Waals surface area contributed by atoms with Crippen LogP contribution in [0.3, 0.4) is 0 Å². The predicted octanol–water partition coefficient (Wildman–Crippen LogP) is 21.6. The highest BCUT2D eigenvalue weighted by atomic mass is 16.6. The van der Waals surface area contributed by atoms with Gasteiger partial charge in [-0.25, -0.2) is 0 Å². The Morgan fingerprint density at radius 3 is 0.863 bits per heavy atom. The molecule has 0 fully saturated rings. The molecule has 0 aromatic rings. The van der Waals surface area contributed by atoms with Crippen LogP contribution >= 0.6 is 0 Å². The molecule has 0 aliphatic carbocycles. The molecular formula is C67H120O6. The monoisotopic (exact) mass is 1020 g/mol. The van der Waals surface area contributed by atoms with Crippen molar-refractivity contribution in [1.29, 1.82) is 0 Å². The third-order valence-corrected chi connectivity index (χ3v) is 14.0. The average Bonchev–Trinajstić information content (AvgIpc) is 3.39. The molecule has 424 valence electrons. The molecular weight excluding hydrogens is 901 g/mol. The molecule has 0 bridgehead atoms. The second-order valence-corrected chi connectivity index (χ2v) is 21.3. The number of hydrogen-bond donors (Lipinski definition) is 0. The fourth-order valence-electron chi connectivity index (χ4n) is 9.21. The van der Waals surface area contributed by atoms with Gasteiger partial charge < -0.3 is 14.2 Å². The predicted molar refractivity (Wildman–Crippen MR) is 316 cm³/mol. The third-order valence-electron chi connectivity index (χ3n) is 14.0. The van der Waals surface area contributed by atoms with Gasteiger partial charge in [0.05, 0.1) is 0 Å². The lowest BCUT2D eigenvalue weighted by Crippen LogP contribution is -2.30. The number of allylic oxidation sites excluding steroid dienone is 10. The molecule has 6 heteroatoms. The molecule has 0 amide bonds. The molecule has 0 saturated carbocycles. The van der Waals surface area contributed by atoms with Crippen molar-refractivity contribution in [2.24, 2.45) is 0 Å². The maximum Gasteiger partial charge on any atom is 0.306 e. The lowest BCUT2D eigenvalue weighted by Gasteiger charge is -2.18. The summed E-state index contributed by atoms with van der Waals surface area (Å²) in [6.45, 7) is 6.54. The van der Waals surface area contributed by atoms with Crippen molar-refractivity contribution in [2.45, 2.75) is 335 Å². The van der Waals surface area contributed by atoms with E-state index in [0.29, 0.717) is 19.3 Å². The van der Waals surface area contributed by atoms with Gasteiger partial charge in [-0.05, 0) is 103 Å². The Kier molecular flexibility index (Phi) is 59.2. The first kappa shape index (κ1) is 70.1. The smallest absolute Gasteiger partial charge is 0.306 e. The summed E-state index contributed by atoms with van der Waals surface area (Å²) in [4.78, 5) is 38.3. The van der Waals surface area contributed by atoms with E-state index in [9.17, 15) is 14.4 Å². The van der Waals surface area contributed by atoms with Crippen molar-refractivity contribution in [2.75, 3.05) is 13.2 Å². The van der Waals surface area contributed by atoms with Crippen LogP contribution in [0.5, 0.6) is 0 Å². The zero-order valence-corrected chi connectivity index (χ0v) is 48.7. The van der Waals surface area contributed by atoms with Crippen LogP contribution in [0.1, 0.15) is 329 Å². The minimum absolute atomic E-state index is 0.0790. The van der Waals surface area contributed by atoms with Crippen molar-refractivity contribution >= 4 is 17.9 Å². The normalized spacial score (nSPS) is 12.4. The molecule has 6 nitrogen and oxygen atoms in total.